The standard InChI is InChI=1S/C14H11ClF2O2S2/c1-20-14(12-8-10(16)4-7-13(12)17)21(18,19)11-5-2-9(15)3-6-11/h2-8,14H,1H3. The van der Waals surface area contributed by atoms with Crippen LogP contribution in [0.2, 0.25) is 5.02 Å². The monoisotopic (exact) mass is 348 g/mol. The Bertz CT molecular complexity index is 746. The van der Waals surface area contributed by atoms with Gasteiger partial charge in [0.05, 0.1) is 4.90 Å². The highest BCUT2D eigenvalue weighted by Gasteiger charge is 2.30. The first-order chi connectivity index (χ1) is 9.86. The maximum atomic E-state index is 13.9. The molecule has 0 N–H and O–H groups in total. The van der Waals surface area contributed by atoms with E-state index in [1.165, 1.54) is 30.5 Å². The fourth-order valence-corrected chi connectivity index (χ4v) is 5.05. The highest BCUT2D eigenvalue weighted by Crippen LogP contribution is 2.38. The molecule has 112 valence electrons. The molecule has 2 aromatic carbocycles. The summed E-state index contributed by atoms with van der Waals surface area (Å²) >= 11 is 6.65. The molecule has 1 unspecified atom stereocenters. The molecular weight excluding hydrogens is 338 g/mol. The Labute approximate surface area is 131 Å². The fourth-order valence-electron chi connectivity index (χ4n) is 1.86. The Kier molecular flexibility index (Phi) is 4.91. The van der Waals surface area contributed by atoms with Crippen LogP contribution in [0.4, 0.5) is 8.78 Å². The van der Waals surface area contributed by atoms with Gasteiger partial charge in [-0.25, -0.2) is 17.2 Å². The molecule has 0 aromatic heterocycles. The number of hydrogen-bond donors (Lipinski definition) is 0. The fraction of sp³-hybridized carbons (Fsp3) is 0.143. The van der Waals surface area contributed by atoms with Crippen LogP contribution in [-0.2, 0) is 9.84 Å². The van der Waals surface area contributed by atoms with E-state index in [1.54, 1.807) is 0 Å². The van der Waals surface area contributed by atoms with Crippen molar-refractivity contribution in [3.05, 3.63) is 64.7 Å². The summed E-state index contributed by atoms with van der Waals surface area (Å²) in [5.74, 6) is -1.44. The van der Waals surface area contributed by atoms with Crippen molar-refractivity contribution in [2.24, 2.45) is 0 Å². The first-order valence-electron chi connectivity index (χ1n) is 5.83. The number of hydrogen-bond acceptors (Lipinski definition) is 3. The molecule has 2 nitrogen and oxygen atoms in total. The van der Waals surface area contributed by atoms with Crippen LogP contribution >= 0.6 is 23.4 Å². The van der Waals surface area contributed by atoms with Crippen LogP contribution in [0, 0.1) is 11.6 Å². The van der Waals surface area contributed by atoms with Crippen LogP contribution in [0.1, 0.15) is 10.1 Å². The smallest absolute Gasteiger partial charge is 0.194 e. The summed E-state index contributed by atoms with van der Waals surface area (Å²) in [6.07, 6.45) is 1.53. The van der Waals surface area contributed by atoms with Gasteiger partial charge in [0.2, 0.25) is 0 Å². The minimum atomic E-state index is -3.86. The maximum Gasteiger partial charge on any atom is 0.194 e. The van der Waals surface area contributed by atoms with Gasteiger partial charge in [-0.1, -0.05) is 11.6 Å². The van der Waals surface area contributed by atoms with E-state index < -0.39 is 26.1 Å². The van der Waals surface area contributed by atoms with E-state index in [2.05, 4.69) is 0 Å². The van der Waals surface area contributed by atoms with Gasteiger partial charge in [-0.05, 0) is 48.7 Å². The molecule has 2 aromatic rings. The number of sulfone groups is 1. The van der Waals surface area contributed by atoms with Gasteiger partial charge in [0.1, 0.15) is 16.2 Å². The molecule has 7 heteroatoms. The maximum absolute atomic E-state index is 13.9. The third kappa shape index (κ3) is 3.39. The topological polar surface area (TPSA) is 34.1 Å². The summed E-state index contributed by atoms with van der Waals surface area (Å²) in [5, 5.41) is 0.395. The van der Waals surface area contributed by atoms with Gasteiger partial charge in [0.25, 0.3) is 0 Å². The number of rotatable bonds is 4. The zero-order valence-corrected chi connectivity index (χ0v) is 13.3. The molecule has 0 fully saturated rings. The molecule has 0 spiro atoms. The number of thioether (sulfide) groups is 1. The summed E-state index contributed by atoms with van der Waals surface area (Å²) in [6, 6.07) is 8.35. The lowest BCUT2D eigenvalue weighted by Gasteiger charge is -2.17. The van der Waals surface area contributed by atoms with Crippen LogP contribution in [0.15, 0.2) is 47.4 Å². The van der Waals surface area contributed by atoms with E-state index in [4.69, 9.17) is 11.6 Å². The zero-order valence-electron chi connectivity index (χ0n) is 10.9. The van der Waals surface area contributed by atoms with Gasteiger partial charge in [0.15, 0.2) is 9.84 Å². The lowest BCUT2D eigenvalue weighted by atomic mass is 10.2. The second-order valence-corrected chi connectivity index (χ2v) is 7.94. The van der Waals surface area contributed by atoms with Crippen molar-refractivity contribution in [2.75, 3.05) is 6.26 Å². The molecule has 2 rings (SSSR count). The molecule has 0 bridgehead atoms. The second kappa shape index (κ2) is 6.34. The minimum absolute atomic E-state index is 0.00918. The van der Waals surface area contributed by atoms with Gasteiger partial charge < -0.3 is 0 Å². The van der Waals surface area contributed by atoms with Crippen LogP contribution in [0.5, 0.6) is 0 Å². The van der Waals surface area contributed by atoms with Crippen molar-refractivity contribution in [2.45, 2.75) is 9.48 Å². The highest BCUT2D eigenvalue weighted by atomic mass is 35.5. The summed E-state index contributed by atoms with van der Waals surface area (Å²) in [7, 11) is -3.86. The van der Waals surface area contributed by atoms with Crippen molar-refractivity contribution >= 4 is 33.2 Å². The van der Waals surface area contributed by atoms with Crippen molar-refractivity contribution < 1.29 is 17.2 Å². The normalized spacial score (nSPS) is 13.1. The number of benzene rings is 2. The largest absolute Gasteiger partial charge is 0.222 e. The lowest BCUT2D eigenvalue weighted by Crippen LogP contribution is -2.12. The van der Waals surface area contributed by atoms with E-state index in [0.29, 0.717) is 5.02 Å². The molecule has 21 heavy (non-hydrogen) atoms. The molecule has 1 atom stereocenters. The minimum Gasteiger partial charge on any atom is -0.222 e. The lowest BCUT2D eigenvalue weighted by molar-refractivity contribution is 0.577. The molecule has 0 aliphatic heterocycles. The van der Waals surface area contributed by atoms with Crippen molar-refractivity contribution in [1.82, 2.24) is 0 Å². The van der Waals surface area contributed by atoms with Gasteiger partial charge in [0, 0.05) is 10.6 Å². The van der Waals surface area contributed by atoms with E-state index >= 15 is 0 Å². The SMILES string of the molecule is CSC(c1cc(F)ccc1F)S(=O)(=O)c1ccc(Cl)cc1. The first kappa shape index (κ1) is 16.3. The van der Waals surface area contributed by atoms with Crippen molar-refractivity contribution in [3.63, 3.8) is 0 Å². The van der Waals surface area contributed by atoms with Gasteiger partial charge >= 0.3 is 0 Å². The van der Waals surface area contributed by atoms with Crippen LogP contribution in [-0.4, -0.2) is 14.7 Å². The molecule has 0 heterocycles. The predicted molar refractivity (Wildman–Crippen MR) is 81.3 cm³/mol. The molecule has 0 aliphatic carbocycles. The average Bonchev–Trinajstić information content (AvgIpc) is 2.43. The Morgan fingerprint density at radius 3 is 2.29 bits per heavy atom. The van der Waals surface area contributed by atoms with E-state index in [9.17, 15) is 17.2 Å². The second-order valence-electron chi connectivity index (χ2n) is 4.23. The van der Waals surface area contributed by atoms with Gasteiger partial charge in [-0.15, -0.1) is 11.8 Å². The van der Waals surface area contributed by atoms with E-state index in [1.807, 2.05) is 0 Å². The quantitative estimate of drug-likeness (QED) is 0.818. The van der Waals surface area contributed by atoms with Crippen LogP contribution in [0.25, 0.3) is 0 Å². The van der Waals surface area contributed by atoms with Crippen LogP contribution in [0.3, 0.4) is 0 Å². The number of halogens is 3. The average molecular weight is 349 g/mol. The first-order valence-corrected chi connectivity index (χ1v) is 9.04. The van der Waals surface area contributed by atoms with Crippen molar-refractivity contribution in [1.29, 1.82) is 0 Å². The summed E-state index contributed by atoms with van der Waals surface area (Å²) in [4.78, 5) is 0.00918. The summed E-state index contributed by atoms with van der Waals surface area (Å²) in [6.45, 7) is 0. The van der Waals surface area contributed by atoms with Crippen molar-refractivity contribution in [3.8, 4) is 0 Å². The third-order valence-electron chi connectivity index (χ3n) is 2.85. The highest BCUT2D eigenvalue weighted by molar-refractivity contribution is 8.12. The predicted octanol–water partition coefficient (Wildman–Crippen LogP) is 4.45. The third-order valence-corrected chi connectivity index (χ3v) is 6.87. The molecule has 0 saturated heterocycles. The molecule has 0 amide bonds. The Morgan fingerprint density at radius 2 is 1.71 bits per heavy atom. The van der Waals surface area contributed by atoms with Gasteiger partial charge in [-0.2, -0.15) is 0 Å². The molecule has 0 saturated carbocycles. The van der Waals surface area contributed by atoms with E-state index in [0.717, 1.165) is 30.0 Å². The summed E-state index contributed by atoms with van der Waals surface area (Å²) in [5.41, 5.74) is -0.197. The summed E-state index contributed by atoms with van der Waals surface area (Å²) < 4.78 is 51.1. The van der Waals surface area contributed by atoms with Gasteiger partial charge in [-0.3, -0.25) is 0 Å². The Hall–Kier alpha value is -1.11. The zero-order chi connectivity index (χ0) is 15.6. The van der Waals surface area contributed by atoms with Crippen LogP contribution < -0.4 is 0 Å². The molecule has 0 aliphatic rings. The molecule has 0 radical (unpaired) electrons. The Balaban J connectivity index is 2.54. The van der Waals surface area contributed by atoms with E-state index in [-0.39, 0.29) is 10.5 Å². The molecular formula is C14H11ClF2O2S2. The Morgan fingerprint density at radius 1 is 1.10 bits per heavy atom.